The van der Waals surface area contributed by atoms with Gasteiger partial charge in [-0.15, -0.1) is 11.3 Å². The van der Waals surface area contributed by atoms with Crippen molar-refractivity contribution < 1.29 is 23.6 Å². The van der Waals surface area contributed by atoms with Gasteiger partial charge in [-0.3, -0.25) is 10.1 Å². The van der Waals surface area contributed by atoms with Gasteiger partial charge in [0.1, 0.15) is 18.1 Å². The molecule has 1 aromatic carbocycles. The third kappa shape index (κ3) is 4.55. The number of aromatic nitrogens is 2. The number of aryl methyl sites for hydroxylation is 2. The van der Waals surface area contributed by atoms with Crippen LogP contribution in [0.4, 0.5) is 5.13 Å². The van der Waals surface area contributed by atoms with Gasteiger partial charge in [0.15, 0.2) is 10.8 Å². The second-order valence-electron chi connectivity index (χ2n) is 5.83. The molecule has 3 rings (SSSR count). The number of anilines is 1. The fourth-order valence-electron chi connectivity index (χ4n) is 2.37. The summed E-state index contributed by atoms with van der Waals surface area (Å²) >= 11 is 1.16. The third-order valence-corrected chi connectivity index (χ3v) is 4.65. The number of hydrogen-bond acceptors (Lipinski definition) is 8. The van der Waals surface area contributed by atoms with Crippen LogP contribution in [0.1, 0.15) is 44.8 Å². The number of esters is 1. The first-order valence-corrected chi connectivity index (χ1v) is 9.44. The monoisotopic (exact) mass is 401 g/mol. The van der Waals surface area contributed by atoms with Crippen LogP contribution in [0.2, 0.25) is 0 Å². The average Bonchev–Trinajstić information content (AvgIpc) is 3.27. The van der Waals surface area contributed by atoms with E-state index in [0.29, 0.717) is 23.1 Å². The predicted molar refractivity (Wildman–Crippen MR) is 103 cm³/mol. The van der Waals surface area contributed by atoms with Gasteiger partial charge < -0.3 is 14.0 Å². The van der Waals surface area contributed by atoms with E-state index in [1.807, 2.05) is 13.8 Å². The van der Waals surface area contributed by atoms with E-state index in [4.69, 9.17) is 14.0 Å². The van der Waals surface area contributed by atoms with E-state index < -0.39 is 5.97 Å². The maximum atomic E-state index is 12.3. The minimum absolute atomic E-state index is 0.172. The summed E-state index contributed by atoms with van der Waals surface area (Å²) in [6.45, 7) is 6.01. The largest absolute Gasteiger partial charge is 0.489 e. The number of hydrogen-bond donors (Lipinski definition) is 1. The molecule has 146 valence electrons. The van der Waals surface area contributed by atoms with Crippen molar-refractivity contribution in [2.45, 2.75) is 27.4 Å². The van der Waals surface area contributed by atoms with E-state index in [1.165, 1.54) is 0 Å². The van der Waals surface area contributed by atoms with Crippen LogP contribution in [-0.2, 0) is 11.3 Å². The highest BCUT2D eigenvalue weighted by Crippen LogP contribution is 2.20. The Morgan fingerprint density at radius 3 is 2.61 bits per heavy atom. The molecule has 0 saturated heterocycles. The number of thiazole rings is 1. The first-order valence-electron chi connectivity index (χ1n) is 8.56. The molecule has 2 heterocycles. The number of carbonyl (C=O) groups is 2. The Labute approximate surface area is 165 Å². The smallest absolute Gasteiger partial charge is 0.357 e. The minimum Gasteiger partial charge on any atom is -0.489 e. The molecular weight excluding hydrogens is 382 g/mol. The molecule has 0 fully saturated rings. The van der Waals surface area contributed by atoms with E-state index in [-0.39, 0.29) is 18.2 Å². The lowest BCUT2D eigenvalue weighted by molar-refractivity contribution is 0.0520. The molecule has 0 radical (unpaired) electrons. The van der Waals surface area contributed by atoms with Gasteiger partial charge in [0.25, 0.3) is 5.91 Å². The van der Waals surface area contributed by atoms with Gasteiger partial charge in [0.05, 0.1) is 17.9 Å². The van der Waals surface area contributed by atoms with Crippen molar-refractivity contribution in [3.05, 3.63) is 57.9 Å². The van der Waals surface area contributed by atoms with E-state index in [2.05, 4.69) is 15.5 Å². The molecular formula is C19H19N3O5S. The molecule has 8 nitrogen and oxygen atoms in total. The van der Waals surface area contributed by atoms with Gasteiger partial charge in [0.2, 0.25) is 0 Å². The lowest BCUT2D eigenvalue weighted by Gasteiger charge is -2.07. The Balaban J connectivity index is 1.58. The quantitative estimate of drug-likeness (QED) is 0.601. The van der Waals surface area contributed by atoms with Crippen molar-refractivity contribution in [1.29, 1.82) is 0 Å². The van der Waals surface area contributed by atoms with Crippen molar-refractivity contribution in [3.63, 3.8) is 0 Å². The summed E-state index contributed by atoms with van der Waals surface area (Å²) < 4.78 is 15.7. The van der Waals surface area contributed by atoms with Gasteiger partial charge >= 0.3 is 5.97 Å². The summed E-state index contributed by atoms with van der Waals surface area (Å²) in [5, 5.41) is 8.42. The van der Waals surface area contributed by atoms with Crippen molar-refractivity contribution in [2.75, 3.05) is 11.9 Å². The van der Waals surface area contributed by atoms with Gasteiger partial charge in [-0.25, -0.2) is 9.78 Å². The average molecular weight is 401 g/mol. The summed E-state index contributed by atoms with van der Waals surface area (Å²) in [7, 11) is 0. The van der Waals surface area contributed by atoms with E-state index in [0.717, 1.165) is 28.4 Å². The Morgan fingerprint density at radius 2 is 1.96 bits per heavy atom. The summed E-state index contributed by atoms with van der Waals surface area (Å²) in [6.07, 6.45) is 0. The number of nitrogens with one attached hydrogen (secondary N) is 1. The molecule has 3 aromatic rings. The van der Waals surface area contributed by atoms with E-state index in [1.54, 1.807) is 36.6 Å². The zero-order valence-electron chi connectivity index (χ0n) is 15.6. The fourth-order valence-corrected chi connectivity index (χ4v) is 3.04. The molecule has 0 unspecified atom stereocenters. The Morgan fingerprint density at radius 1 is 1.21 bits per heavy atom. The van der Waals surface area contributed by atoms with Crippen LogP contribution in [0.15, 0.2) is 34.2 Å². The number of ether oxygens (including phenoxy) is 2. The number of amides is 1. The highest BCUT2D eigenvalue weighted by molar-refractivity contribution is 7.14. The molecule has 0 atom stereocenters. The lowest BCUT2D eigenvalue weighted by Crippen LogP contribution is -2.12. The zero-order chi connectivity index (χ0) is 20.1. The number of carbonyl (C=O) groups excluding carboxylic acids is 2. The second kappa shape index (κ2) is 8.66. The fraction of sp³-hybridized carbons (Fsp3) is 0.263. The Hall–Kier alpha value is -3.20. The topological polar surface area (TPSA) is 104 Å². The molecule has 0 spiro atoms. The van der Waals surface area contributed by atoms with E-state index in [9.17, 15) is 9.59 Å². The van der Waals surface area contributed by atoms with Gasteiger partial charge in [0, 0.05) is 10.9 Å². The predicted octanol–water partition coefficient (Wildman–Crippen LogP) is 3.76. The maximum absolute atomic E-state index is 12.3. The number of benzene rings is 1. The zero-order valence-corrected chi connectivity index (χ0v) is 16.5. The highest BCUT2D eigenvalue weighted by Gasteiger charge is 2.14. The first kappa shape index (κ1) is 19.6. The third-order valence-electron chi connectivity index (χ3n) is 3.89. The molecule has 0 saturated carbocycles. The van der Waals surface area contributed by atoms with Crippen LogP contribution >= 0.6 is 11.3 Å². The summed E-state index contributed by atoms with van der Waals surface area (Å²) in [5.41, 5.74) is 2.31. The Kier molecular flexibility index (Phi) is 6.05. The van der Waals surface area contributed by atoms with Crippen LogP contribution in [0.25, 0.3) is 0 Å². The van der Waals surface area contributed by atoms with Crippen LogP contribution < -0.4 is 10.1 Å². The first-order chi connectivity index (χ1) is 13.5. The van der Waals surface area contributed by atoms with Crippen molar-refractivity contribution in [1.82, 2.24) is 10.1 Å². The molecule has 0 aliphatic heterocycles. The molecule has 0 aliphatic rings. The van der Waals surface area contributed by atoms with Crippen LogP contribution in [0.5, 0.6) is 5.75 Å². The minimum atomic E-state index is -0.515. The number of nitrogens with zero attached hydrogens (tertiary/aromatic N) is 2. The van der Waals surface area contributed by atoms with Crippen molar-refractivity contribution >= 4 is 28.3 Å². The molecule has 1 amide bonds. The molecule has 0 aliphatic carbocycles. The lowest BCUT2D eigenvalue weighted by atomic mass is 10.2. The van der Waals surface area contributed by atoms with Crippen molar-refractivity contribution in [3.8, 4) is 5.75 Å². The Bertz CT molecular complexity index is 958. The highest BCUT2D eigenvalue weighted by atomic mass is 32.1. The van der Waals surface area contributed by atoms with E-state index >= 15 is 0 Å². The standard InChI is InChI=1S/C19H19N3O5S/c1-4-25-18(24)16-10-28-19(20-16)21-17(23)13-5-7-14(8-6-13)26-9-15-11(2)22-27-12(15)3/h5-8,10H,4,9H2,1-3H3,(H,20,21,23). The van der Waals surface area contributed by atoms with Gasteiger partial charge in [-0.1, -0.05) is 5.16 Å². The maximum Gasteiger partial charge on any atom is 0.357 e. The molecule has 9 heteroatoms. The van der Waals surface area contributed by atoms with Crippen molar-refractivity contribution in [2.24, 2.45) is 0 Å². The van der Waals surface area contributed by atoms with Gasteiger partial charge in [-0.05, 0) is 45.0 Å². The van der Waals surface area contributed by atoms with Gasteiger partial charge in [-0.2, -0.15) is 0 Å². The normalized spacial score (nSPS) is 10.5. The molecule has 1 N–H and O–H groups in total. The molecule has 28 heavy (non-hydrogen) atoms. The number of rotatable bonds is 7. The summed E-state index contributed by atoms with van der Waals surface area (Å²) in [4.78, 5) is 28.0. The molecule has 0 bridgehead atoms. The SMILES string of the molecule is CCOC(=O)c1csc(NC(=O)c2ccc(OCc3c(C)noc3C)cc2)n1. The second-order valence-corrected chi connectivity index (χ2v) is 6.69. The molecule has 2 aromatic heterocycles. The summed E-state index contributed by atoms with van der Waals surface area (Å²) in [5.74, 6) is 0.496. The van der Waals surface area contributed by atoms with Crippen LogP contribution in [-0.4, -0.2) is 28.6 Å². The summed E-state index contributed by atoms with van der Waals surface area (Å²) in [6, 6.07) is 6.72. The van der Waals surface area contributed by atoms with Crippen LogP contribution in [0, 0.1) is 13.8 Å². The van der Waals surface area contributed by atoms with Crippen LogP contribution in [0.3, 0.4) is 0 Å².